The Bertz CT molecular complexity index is 814. The van der Waals surface area contributed by atoms with Gasteiger partial charge in [0.05, 0.1) is 6.61 Å². The van der Waals surface area contributed by atoms with Crippen molar-refractivity contribution in [2.75, 3.05) is 26.2 Å². The minimum absolute atomic E-state index is 0.168. The predicted octanol–water partition coefficient (Wildman–Crippen LogP) is 3.39. The van der Waals surface area contributed by atoms with E-state index in [2.05, 4.69) is 45.9 Å². The van der Waals surface area contributed by atoms with Gasteiger partial charge < -0.3 is 10.0 Å². The lowest BCUT2D eigenvalue weighted by Gasteiger charge is -2.57. The summed E-state index contributed by atoms with van der Waals surface area (Å²) in [5.41, 5.74) is 2.37. The average Bonchev–Trinajstić information content (AvgIpc) is 3.47. The molecule has 4 aliphatic rings. The lowest BCUT2D eigenvalue weighted by Crippen LogP contribution is -2.68. The van der Waals surface area contributed by atoms with Gasteiger partial charge in [0.15, 0.2) is 0 Å². The molecule has 1 amide bonds. The highest BCUT2D eigenvalue weighted by atomic mass is 16.3. The molecule has 1 aromatic rings. The van der Waals surface area contributed by atoms with E-state index >= 15 is 0 Å². The molecule has 4 fully saturated rings. The lowest BCUT2D eigenvalue weighted by molar-refractivity contribution is -0.137. The molecule has 2 heterocycles. The summed E-state index contributed by atoms with van der Waals surface area (Å²) in [5.74, 6) is 8.33. The largest absolute Gasteiger partial charge is 0.395 e. The molecule has 160 valence electrons. The van der Waals surface area contributed by atoms with Crippen LogP contribution in [0, 0.1) is 23.7 Å². The SMILES string of the molecule is O=C(C1CC1)N1CCCCN2[C@H](CO)[C@@H](c3ccc(C#CC4CCCC4)cc3)[C@@H]2C1. The number of carbonyl (C=O) groups excluding carboxylic acids is 1. The predicted molar refractivity (Wildman–Crippen MR) is 118 cm³/mol. The molecule has 1 aromatic carbocycles. The molecule has 4 nitrogen and oxygen atoms in total. The maximum Gasteiger partial charge on any atom is 0.225 e. The van der Waals surface area contributed by atoms with Crippen molar-refractivity contribution in [1.82, 2.24) is 9.80 Å². The number of benzene rings is 1. The zero-order valence-electron chi connectivity index (χ0n) is 17.9. The molecule has 5 rings (SSSR count). The quantitative estimate of drug-likeness (QED) is 0.783. The van der Waals surface area contributed by atoms with Crippen molar-refractivity contribution in [3.05, 3.63) is 35.4 Å². The molecule has 4 heteroatoms. The fourth-order valence-corrected chi connectivity index (χ4v) is 5.77. The zero-order valence-corrected chi connectivity index (χ0v) is 17.9. The molecule has 30 heavy (non-hydrogen) atoms. The van der Waals surface area contributed by atoms with Crippen LogP contribution in [0.4, 0.5) is 0 Å². The van der Waals surface area contributed by atoms with Gasteiger partial charge in [-0.2, -0.15) is 0 Å². The Morgan fingerprint density at radius 3 is 2.43 bits per heavy atom. The van der Waals surface area contributed by atoms with Gasteiger partial charge >= 0.3 is 0 Å². The van der Waals surface area contributed by atoms with Crippen LogP contribution in [0.1, 0.15) is 68.4 Å². The van der Waals surface area contributed by atoms with E-state index in [1.807, 2.05) is 0 Å². The van der Waals surface area contributed by atoms with Crippen molar-refractivity contribution < 1.29 is 9.90 Å². The molecule has 1 N–H and O–H groups in total. The molecule has 0 bridgehead atoms. The maximum atomic E-state index is 12.8. The first kappa shape index (κ1) is 20.1. The van der Waals surface area contributed by atoms with Crippen LogP contribution in [0.15, 0.2) is 24.3 Å². The number of carbonyl (C=O) groups is 1. The normalized spacial score (nSPS) is 29.9. The molecule has 2 aliphatic carbocycles. The Labute approximate surface area is 180 Å². The Morgan fingerprint density at radius 1 is 1.00 bits per heavy atom. The zero-order chi connectivity index (χ0) is 20.5. The van der Waals surface area contributed by atoms with Gasteiger partial charge in [0.2, 0.25) is 5.91 Å². The van der Waals surface area contributed by atoms with Gasteiger partial charge in [-0.25, -0.2) is 0 Å². The van der Waals surface area contributed by atoms with Crippen molar-refractivity contribution in [2.45, 2.75) is 69.4 Å². The van der Waals surface area contributed by atoms with E-state index < -0.39 is 0 Å². The monoisotopic (exact) mass is 406 g/mol. The molecule has 0 unspecified atom stereocenters. The van der Waals surface area contributed by atoms with Crippen LogP contribution in [0.25, 0.3) is 0 Å². The molecule has 2 saturated heterocycles. The number of hydrogen-bond acceptors (Lipinski definition) is 3. The number of fused-ring (bicyclic) bond motifs is 1. The Balaban J connectivity index is 1.32. The molecule has 3 atom stereocenters. The van der Waals surface area contributed by atoms with E-state index in [-0.39, 0.29) is 18.6 Å². The van der Waals surface area contributed by atoms with Crippen LogP contribution >= 0.6 is 0 Å². The first-order valence-electron chi connectivity index (χ1n) is 12.0. The minimum atomic E-state index is 0.168. The van der Waals surface area contributed by atoms with Crippen LogP contribution in [0.3, 0.4) is 0 Å². The van der Waals surface area contributed by atoms with Crippen LogP contribution in [-0.4, -0.2) is 59.1 Å². The average molecular weight is 407 g/mol. The number of aliphatic hydroxyl groups excluding tert-OH is 1. The van der Waals surface area contributed by atoms with Crippen molar-refractivity contribution in [3.63, 3.8) is 0 Å². The molecule has 0 aromatic heterocycles. The van der Waals surface area contributed by atoms with Crippen LogP contribution in [0.2, 0.25) is 0 Å². The van der Waals surface area contributed by atoms with E-state index in [0.29, 0.717) is 23.8 Å². The van der Waals surface area contributed by atoms with Gasteiger partial charge in [0.1, 0.15) is 0 Å². The standard InChI is InChI=1S/C26H34N2O2/c29-18-24-25(21-11-9-20(10-12-21)8-7-19-5-1-2-6-19)23-17-27(26(30)22-13-14-22)15-3-4-16-28(23)24/h9-12,19,22-25,29H,1-6,13-18H2/t23-,24+,25-/m0/s1. The summed E-state index contributed by atoms with van der Waals surface area (Å²) < 4.78 is 0. The van der Waals surface area contributed by atoms with Gasteiger partial charge in [0, 0.05) is 48.5 Å². The Morgan fingerprint density at radius 2 is 1.73 bits per heavy atom. The first-order chi connectivity index (χ1) is 14.7. The summed E-state index contributed by atoms with van der Waals surface area (Å²) >= 11 is 0. The number of rotatable bonds is 3. The third kappa shape index (κ3) is 4.03. The van der Waals surface area contributed by atoms with Gasteiger partial charge in [-0.15, -0.1) is 0 Å². The Kier molecular flexibility index (Phi) is 5.85. The van der Waals surface area contributed by atoms with Crippen LogP contribution < -0.4 is 0 Å². The summed E-state index contributed by atoms with van der Waals surface area (Å²) in [4.78, 5) is 17.3. The van der Waals surface area contributed by atoms with Gasteiger partial charge in [-0.3, -0.25) is 9.69 Å². The van der Waals surface area contributed by atoms with Crippen molar-refractivity contribution in [1.29, 1.82) is 0 Å². The fraction of sp³-hybridized carbons (Fsp3) is 0.654. The number of amides is 1. The third-order valence-corrected chi connectivity index (χ3v) is 7.68. The second kappa shape index (κ2) is 8.73. The van der Waals surface area contributed by atoms with E-state index in [4.69, 9.17) is 0 Å². The highest BCUT2D eigenvalue weighted by Gasteiger charge is 2.50. The van der Waals surface area contributed by atoms with Crippen LogP contribution in [-0.2, 0) is 4.79 Å². The van der Waals surface area contributed by atoms with Crippen LogP contribution in [0.5, 0.6) is 0 Å². The number of hydrogen-bond donors (Lipinski definition) is 1. The van der Waals surface area contributed by atoms with Gasteiger partial charge in [-0.05, 0) is 62.8 Å². The minimum Gasteiger partial charge on any atom is -0.395 e. The maximum absolute atomic E-state index is 12.8. The summed E-state index contributed by atoms with van der Waals surface area (Å²) in [7, 11) is 0. The van der Waals surface area contributed by atoms with Crippen molar-refractivity contribution in [3.8, 4) is 11.8 Å². The molecule has 2 aliphatic heterocycles. The highest BCUT2D eigenvalue weighted by Crippen LogP contribution is 2.42. The summed E-state index contributed by atoms with van der Waals surface area (Å²) in [6, 6.07) is 9.18. The van der Waals surface area contributed by atoms with Gasteiger partial charge in [-0.1, -0.05) is 36.8 Å². The van der Waals surface area contributed by atoms with E-state index in [1.165, 1.54) is 31.2 Å². The second-order valence-corrected chi connectivity index (χ2v) is 9.72. The Hall–Kier alpha value is -1.83. The molecule has 2 saturated carbocycles. The number of aliphatic hydroxyl groups is 1. The molecular formula is C26H34N2O2. The van der Waals surface area contributed by atoms with E-state index in [1.54, 1.807) is 0 Å². The summed E-state index contributed by atoms with van der Waals surface area (Å²) in [6.07, 6.45) is 9.44. The lowest BCUT2D eigenvalue weighted by atomic mass is 9.74. The summed E-state index contributed by atoms with van der Waals surface area (Å²) in [6.45, 7) is 2.91. The van der Waals surface area contributed by atoms with Crippen molar-refractivity contribution in [2.24, 2.45) is 11.8 Å². The van der Waals surface area contributed by atoms with E-state index in [0.717, 1.165) is 50.9 Å². The third-order valence-electron chi connectivity index (χ3n) is 7.68. The fourth-order valence-electron chi connectivity index (χ4n) is 5.77. The topological polar surface area (TPSA) is 43.8 Å². The smallest absolute Gasteiger partial charge is 0.225 e. The van der Waals surface area contributed by atoms with Crippen molar-refractivity contribution >= 4 is 5.91 Å². The van der Waals surface area contributed by atoms with Gasteiger partial charge in [0.25, 0.3) is 0 Å². The second-order valence-electron chi connectivity index (χ2n) is 9.72. The first-order valence-corrected chi connectivity index (χ1v) is 12.0. The molecule has 0 spiro atoms. The van der Waals surface area contributed by atoms with E-state index in [9.17, 15) is 9.90 Å². The highest BCUT2D eigenvalue weighted by molar-refractivity contribution is 5.81. The number of nitrogens with zero attached hydrogens (tertiary/aromatic N) is 2. The molecular weight excluding hydrogens is 372 g/mol. The molecule has 0 radical (unpaired) electrons. The summed E-state index contributed by atoms with van der Waals surface area (Å²) in [5, 5.41) is 10.1.